The second-order valence-electron chi connectivity index (χ2n) is 5.77. The summed E-state index contributed by atoms with van der Waals surface area (Å²) in [5, 5.41) is 9.53. The molecule has 18 heavy (non-hydrogen) atoms. The molecule has 0 radical (unpaired) electrons. The van der Waals surface area contributed by atoms with Gasteiger partial charge < -0.3 is 9.84 Å². The predicted molar refractivity (Wildman–Crippen MR) is 71.9 cm³/mol. The topological polar surface area (TPSA) is 29.5 Å². The van der Waals surface area contributed by atoms with E-state index in [4.69, 9.17) is 4.74 Å². The second kappa shape index (κ2) is 5.31. The number of rotatable bonds is 2. The van der Waals surface area contributed by atoms with Gasteiger partial charge in [-0.3, -0.25) is 0 Å². The number of benzene rings is 1. The van der Waals surface area contributed by atoms with E-state index < -0.39 is 0 Å². The number of aryl methyl sites for hydroxylation is 1. The van der Waals surface area contributed by atoms with Crippen LogP contribution in [0.2, 0.25) is 0 Å². The van der Waals surface area contributed by atoms with Crippen LogP contribution >= 0.6 is 0 Å². The highest BCUT2D eigenvalue weighted by Crippen LogP contribution is 2.30. The van der Waals surface area contributed by atoms with Gasteiger partial charge in [0.1, 0.15) is 5.75 Å². The second-order valence-corrected chi connectivity index (χ2v) is 5.77. The van der Waals surface area contributed by atoms with Crippen molar-refractivity contribution in [3.05, 3.63) is 29.3 Å². The van der Waals surface area contributed by atoms with Crippen LogP contribution in [0.5, 0.6) is 5.75 Å². The zero-order valence-corrected chi connectivity index (χ0v) is 10.9. The smallest absolute Gasteiger partial charge is 0.122 e. The normalized spacial score (nSPS) is 27.4. The van der Waals surface area contributed by atoms with E-state index in [2.05, 4.69) is 18.2 Å². The van der Waals surface area contributed by atoms with Gasteiger partial charge in [0.15, 0.2) is 0 Å². The molecule has 3 rings (SSSR count). The van der Waals surface area contributed by atoms with Gasteiger partial charge in [0, 0.05) is 0 Å². The number of ether oxygens (including phenoxy) is 1. The van der Waals surface area contributed by atoms with Crippen LogP contribution < -0.4 is 4.74 Å². The molecule has 0 aromatic heterocycles. The van der Waals surface area contributed by atoms with Gasteiger partial charge in [0.25, 0.3) is 0 Å². The number of hydrogen-bond donors (Lipinski definition) is 1. The predicted octanol–water partition coefficient (Wildman–Crippen LogP) is 3.11. The maximum atomic E-state index is 9.53. The summed E-state index contributed by atoms with van der Waals surface area (Å²) in [6.07, 6.45) is 7.75. The van der Waals surface area contributed by atoms with Crippen LogP contribution in [0.3, 0.4) is 0 Å². The Bertz CT molecular complexity index is 406. The Hall–Kier alpha value is -1.02. The van der Waals surface area contributed by atoms with Crippen molar-refractivity contribution in [1.29, 1.82) is 0 Å². The molecule has 2 aliphatic rings. The van der Waals surface area contributed by atoms with Crippen LogP contribution in [0, 0.1) is 5.92 Å². The Kier molecular flexibility index (Phi) is 3.55. The highest BCUT2D eigenvalue weighted by atomic mass is 16.5. The van der Waals surface area contributed by atoms with Crippen LogP contribution in [-0.2, 0) is 12.8 Å². The van der Waals surface area contributed by atoms with E-state index in [9.17, 15) is 5.11 Å². The highest BCUT2D eigenvalue weighted by Gasteiger charge is 2.20. The maximum absolute atomic E-state index is 9.53. The van der Waals surface area contributed by atoms with Gasteiger partial charge in [-0.15, -0.1) is 0 Å². The molecule has 0 unspecified atom stereocenters. The fourth-order valence-corrected chi connectivity index (χ4v) is 3.22. The molecule has 1 heterocycles. The van der Waals surface area contributed by atoms with Gasteiger partial charge in [-0.25, -0.2) is 0 Å². The summed E-state index contributed by atoms with van der Waals surface area (Å²) in [4.78, 5) is 0. The van der Waals surface area contributed by atoms with Crippen LogP contribution in [0.4, 0.5) is 0 Å². The van der Waals surface area contributed by atoms with Crippen molar-refractivity contribution in [2.24, 2.45) is 5.92 Å². The quantitative estimate of drug-likeness (QED) is 0.869. The molecule has 1 aromatic rings. The minimum absolute atomic E-state index is 0.0433. The van der Waals surface area contributed by atoms with Crippen molar-refractivity contribution in [3.8, 4) is 5.75 Å². The first-order chi connectivity index (χ1) is 8.81. The zero-order valence-electron chi connectivity index (χ0n) is 10.9. The first kappa shape index (κ1) is 12.0. The van der Waals surface area contributed by atoms with E-state index in [1.165, 1.54) is 30.4 Å². The fraction of sp³-hybridized carbons (Fsp3) is 0.625. The van der Waals surface area contributed by atoms with E-state index in [0.29, 0.717) is 0 Å². The summed E-state index contributed by atoms with van der Waals surface area (Å²) in [7, 11) is 0. The Balaban J connectivity index is 1.66. The molecule has 1 fully saturated rings. The molecular formula is C16H22O2. The van der Waals surface area contributed by atoms with Gasteiger partial charge in [0.05, 0.1) is 12.7 Å². The Morgan fingerprint density at radius 1 is 1.17 bits per heavy atom. The van der Waals surface area contributed by atoms with Crippen LogP contribution in [0.15, 0.2) is 18.2 Å². The average Bonchev–Trinajstić information content (AvgIpc) is 2.41. The molecule has 2 nitrogen and oxygen atoms in total. The van der Waals surface area contributed by atoms with Gasteiger partial charge in [-0.1, -0.05) is 12.1 Å². The van der Waals surface area contributed by atoms with Crippen LogP contribution in [0.25, 0.3) is 0 Å². The lowest BCUT2D eigenvalue weighted by atomic mass is 9.83. The van der Waals surface area contributed by atoms with E-state index in [-0.39, 0.29) is 6.10 Å². The van der Waals surface area contributed by atoms with Gasteiger partial charge in [-0.2, -0.15) is 0 Å². The van der Waals surface area contributed by atoms with Gasteiger partial charge >= 0.3 is 0 Å². The maximum Gasteiger partial charge on any atom is 0.122 e. The summed E-state index contributed by atoms with van der Waals surface area (Å²) >= 11 is 0. The Morgan fingerprint density at radius 2 is 2.00 bits per heavy atom. The van der Waals surface area contributed by atoms with E-state index >= 15 is 0 Å². The van der Waals surface area contributed by atoms with Crippen LogP contribution in [0.1, 0.15) is 43.2 Å². The molecular weight excluding hydrogens is 224 g/mol. The SMILES string of the molecule is OC1CCC(Cc2ccc3c(c2)CCCO3)CC1. The Morgan fingerprint density at radius 3 is 2.83 bits per heavy atom. The summed E-state index contributed by atoms with van der Waals surface area (Å²) in [6, 6.07) is 6.69. The third kappa shape index (κ3) is 2.69. The van der Waals surface area contributed by atoms with E-state index in [1.807, 2.05) is 0 Å². The first-order valence-electron chi connectivity index (χ1n) is 7.24. The third-order valence-corrected chi connectivity index (χ3v) is 4.31. The summed E-state index contributed by atoms with van der Waals surface area (Å²) < 4.78 is 5.65. The third-order valence-electron chi connectivity index (χ3n) is 4.31. The molecule has 0 atom stereocenters. The minimum Gasteiger partial charge on any atom is -0.493 e. The van der Waals surface area contributed by atoms with E-state index in [1.54, 1.807) is 0 Å². The van der Waals surface area contributed by atoms with Gasteiger partial charge in [0.2, 0.25) is 0 Å². The molecule has 0 saturated heterocycles. The lowest BCUT2D eigenvalue weighted by Crippen LogP contribution is -2.19. The number of aliphatic hydroxyl groups excluding tert-OH is 1. The Labute approximate surface area is 109 Å². The number of fused-ring (bicyclic) bond motifs is 1. The van der Waals surface area contributed by atoms with Crippen LogP contribution in [-0.4, -0.2) is 17.8 Å². The molecule has 0 bridgehead atoms. The minimum atomic E-state index is -0.0433. The monoisotopic (exact) mass is 246 g/mol. The molecule has 1 N–H and O–H groups in total. The summed E-state index contributed by atoms with van der Waals surface area (Å²) in [5.41, 5.74) is 2.83. The molecule has 1 aromatic carbocycles. The molecule has 2 heteroatoms. The van der Waals surface area contributed by atoms with Crippen molar-refractivity contribution in [3.63, 3.8) is 0 Å². The largest absolute Gasteiger partial charge is 0.493 e. The molecule has 1 aliphatic heterocycles. The molecule has 0 spiro atoms. The first-order valence-corrected chi connectivity index (χ1v) is 7.24. The number of hydrogen-bond acceptors (Lipinski definition) is 2. The summed E-state index contributed by atoms with van der Waals surface area (Å²) in [5.74, 6) is 1.85. The number of aliphatic hydroxyl groups is 1. The van der Waals surface area contributed by atoms with Crippen molar-refractivity contribution in [2.45, 2.75) is 51.0 Å². The molecule has 1 aliphatic carbocycles. The molecule has 1 saturated carbocycles. The van der Waals surface area contributed by atoms with E-state index in [0.717, 1.165) is 44.0 Å². The van der Waals surface area contributed by atoms with Crippen molar-refractivity contribution in [1.82, 2.24) is 0 Å². The lowest BCUT2D eigenvalue weighted by molar-refractivity contribution is 0.108. The van der Waals surface area contributed by atoms with Crippen molar-refractivity contribution in [2.75, 3.05) is 6.61 Å². The van der Waals surface area contributed by atoms with Crippen molar-refractivity contribution >= 4 is 0 Å². The summed E-state index contributed by atoms with van der Waals surface area (Å²) in [6.45, 7) is 0.868. The average molecular weight is 246 g/mol. The zero-order chi connectivity index (χ0) is 12.4. The standard InChI is InChI=1S/C16H22O2/c17-15-6-3-12(4-7-15)10-13-5-8-16-14(11-13)2-1-9-18-16/h5,8,11-12,15,17H,1-4,6-7,9-10H2. The van der Waals surface area contributed by atoms with Gasteiger partial charge in [-0.05, 0) is 68.1 Å². The lowest BCUT2D eigenvalue weighted by Gasteiger charge is -2.26. The van der Waals surface area contributed by atoms with Crippen molar-refractivity contribution < 1.29 is 9.84 Å². The molecule has 98 valence electrons. The fourth-order valence-electron chi connectivity index (χ4n) is 3.22. The molecule has 0 amide bonds. The highest BCUT2D eigenvalue weighted by molar-refractivity contribution is 5.38.